The summed E-state index contributed by atoms with van der Waals surface area (Å²) < 4.78 is 0. The number of hydrogen-bond donors (Lipinski definition) is 1. The summed E-state index contributed by atoms with van der Waals surface area (Å²) >= 11 is 0. The predicted octanol–water partition coefficient (Wildman–Crippen LogP) is 2.31. The summed E-state index contributed by atoms with van der Waals surface area (Å²) in [5, 5.41) is 3.02. The van der Waals surface area contributed by atoms with Gasteiger partial charge in [0, 0.05) is 13.2 Å². The Morgan fingerprint density at radius 1 is 1.64 bits per heavy atom. The molecule has 0 aliphatic carbocycles. The van der Waals surface area contributed by atoms with Crippen LogP contribution in [0.3, 0.4) is 0 Å². The maximum absolute atomic E-state index is 4.32. The van der Waals surface area contributed by atoms with Crippen LogP contribution < -0.4 is 5.32 Å². The van der Waals surface area contributed by atoms with E-state index in [1.54, 1.807) is 6.20 Å². The van der Waals surface area contributed by atoms with Crippen molar-refractivity contribution < 1.29 is 0 Å². The summed E-state index contributed by atoms with van der Waals surface area (Å²) in [6.45, 7) is 9.74. The van der Waals surface area contributed by atoms with Gasteiger partial charge >= 0.3 is 0 Å². The minimum atomic E-state index is 0.829. The van der Waals surface area contributed by atoms with Crippen molar-refractivity contribution in [3.05, 3.63) is 48.3 Å². The second-order valence-corrected chi connectivity index (χ2v) is 3.18. The van der Waals surface area contributed by atoms with Gasteiger partial charge < -0.3 is 5.32 Å². The second-order valence-electron chi connectivity index (χ2n) is 3.18. The molecule has 0 fully saturated rings. The summed E-state index contributed by atoms with van der Waals surface area (Å²) in [6.07, 6.45) is 4.52. The average molecular weight is 188 g/mol. The van der Waals surface area contributed by atoms with E-state index in [1.165, 1.54) is 11.1 Å². The van der Waals surface area contributed by atoms with Crippen molar-refractivity contribution in [1.82, 2.24) is 10.3 Å². The zero-order valence-electron chi connectivity index (χ0n) is 8.80. The van der Waals surface area contributed by atoms with Gasteiger partial charge in [-0.15, -0.1) is 6.58 Å². The van der Waals surface area contributed by atoms with Crippen LogP contribution in [-0.4, -0.2) is 12.0 Å². The molecule has 1 heterocycles. The fraction of sp³-hybridized carbons (Fsp3) is 0.250. The molecule has 0 spiro atoms. The first kappa shape index (κ1) is 10.5. The Kier molecular flexibility index (Phi) is 3.46. The largest absolute Gasteiger partial charge is 0.387 e. The molecule has 74 valence electrons. The van der Waals surface area contributed by atoms with Crippen molar-refractivity contribution in [3.63, 3.8) is 0 Å². The summed E-state index contributed by atoms with van der Waals surface area (Å²) in [5.41, 5.74) is 4.21. The third-order valence-electron chi connectivity index (χ3n) is 2.23. The van der Waals surface area contributed by atoms with E-state index < -0.39 is 0 Å². The monoisotopic (exact) mass is 188 g/mol. The highest BCUT2D eigenvalue weighted by atomic mass is 14.9. The molecule has 0 aliphatic rings. The van der Waals surface area contributed by atoms with Crippen molar-refractivity contribution in [3.8, 4) is 0 Å². The number of hydrogen-bond acceptors (Lipinski definition) is 2. The Labute approximate surface area is 85.4 Å². The lowest BCUT2D eigenvalue weighted by Crippen LogP contribution is -2.08. The summed E-state index contributed by atoms with van der Waals surface area (Å²) in [4.78, 5) is 4.32. The van der Waals surface area contributed by atoms with Gasteiger partial charge in [0.2, 0.25) is 0 Å². The van der Waals surface area contributed by atoms with Gasteiger partial charge in [-0.1, -0.05) is 12.7 Å². The molecule has 0 saturated heterocycles. The Bertz CT molecular complexity index is 353. The molecular weight excluding hydrogens is 172 g/mol. The van der Waals surface area contributed by atoms with Crippen LogP contribution in [0.15, 0.2) is 31.5 Å². The highest BCUT2D eigenvalue weighted by molar-refractivity contribution is 5.62. The number of aromatic nitrogens is 1. The minimum absolute atomic E-state index is 0.829. The molecule has 0 atom stereocenters. The Morgan fingerprint density at radius 2 is 2.36 bits per heavy atom. The molecule has 14 heavy (non-hydrogen) atoms. The van der Waals surface area contributed by atoms with Crippen LogP contribution in [0.4, 0.5) is 0 Å². The first-order valence-corrected chi connectivity index (χ1v) is 4.63. The molecular formula is C12H16N2. The Balaban J connectivity index is 3.20. The second kappa shape index (κ2) is 4.61. The van der Waals surface area contributed by atoms with Gasteiger partial charge in [0.1, 0.15) is 0 Å². The number of allylic oxidation sites excluding steroid dienone is 1. The molecule has 0 radical (unpaired) electrons. The van der Waals surface area contributed by atoms with Gasteiger partial charge in [-0.25, -0.2) is 0 Å². The highest BCUT2D eigenvalue weighted by Gasteiger charge is 2.07. The zero-order chi connectivity index (χ0) is 10.6. The van der Waals surface area contributed by atoms with Crippen LogP contribution >= 0.6 is 0 Å². The van der Waals surface area contributed by atoms with E-state index in [9.17, 15) is 0 Å². The average Bonchev–Trinajstić information content (AvgIpc) is 2.20. The fourth-order valence-electron chi connectivity index (χ4n) is 1.37. The van der Waals surface area contributed by atoms with E-state index in [-0.39, 0.29) is 0 Å². The highest BCUT2D eigenvalue weighted by Crippen LogP contribution is 2.17. The summed E-state index contributed by atoms with van der Waals surface area (Å²) in [5.74, 6) is 0. The molecule has 1 N–H and O–H groups in total. The van der Waals surface area contributed by atoms with E-state index in [1.807, 2.05) is 19.2 Å². The van der Waals surface area contributed by atoms with Crippen LogP contribution in [0.5, 0.6) is 0 Å². The summed E-state index contributed by atoms with van der Waals surface area (Å²) in [6, 6.07) is 2.01. The van der Waals surface area contributed by atoms with Crippen molar-refractivity contribution in [2.45, 2.75) is 13.3 Å². The van der Waals surface area contributed by atoms with Gasteiger partial charge in [-0.2, -0.15) is 0 Å². The maximum atomic E-state index is 4.32. The molecule has 1 aromatic heterocycles. The number of nitrogens with zero attached hydrogens (tertiary/aromatic N) is 1. The molecule has 0 aliphatic heterocycles. The molecule has 0 bridgehead atoms. The van der Waals surface area contributed by atoms with Crippen LogP contribution in [0.1, 0.15) is 16.8 Å². The van der Waals surface area contributed by atoms with E-state index in [4.69, 9.17) is 0 Å². The van der Waals surface area contributed by atoms with E-state index in [2.05, 4.69) is 30.4 Å². The molecule has 2 heteroatoms. The van der Waals surface area contributed by atoms with Gasteiger partial charge in [-0.05, 0) is 30.5 Å². The fourth-order valence-corrected chi connectivity index (χ4v) is 1.37. The first-order valence-electron chi connectivity index (χ1n) is 4.63. The van der Waals surface area contributed by atoms with E-state index >= 15 is 0 Å². The normalized spacial score (nSPS) is 9.57. The number of pyridine rings is 1. The van der Waals surface area contributed by atoms with Gasteiger partial charge in [0.25, 0.3) is 0 Å². The zero-order valence-corrected chi connectivity index (χ0v) is 8.80. The van der Waals surface area contributed by atoms with Gasteiger partial charge in [-0.3, -0.25) is 4.98 Å². The molecule has 0 aromatic carbocycles. The first-order chi connectivity index (χ1) is 6.70. The lowest BCUT2D eigenvalue weighted by atomic mass is 10.0. The molecule has 2 nitrogen and oxygen atoms in total. The SMILES string of the molecule is C=CCc1c(C)ccnc1C(=C)NC. The number of nitrogens with one attached hydrogen (secondary N) is 1. The topological polar surface area (TPSA) is 24.9 Å². The van der Waals surface area contributed by atoms with Crippen LogP contribution in [0.2, 0.25) is 0 Å². The third-order valence-corrected chi connectivity index (χ3v) is 2.23. The quantitative estimate of drug-likeness (QED) is 0.733. The smallest absolute Gasteiger partial charge is 0.0892 e. The molecule has 0 unspecified atom stereocenters. The minimum Gasteiger partial charge on any atom is -0.387 e. The Morgan fingerprint density at radius 3 is 2.93 bits per heavy atom. The molecule has 1 rings (SSSR count). The molecule has 0 saturated carbocycles. The van der Waals surface area contributed by atoms with Crippen LogP contribution in [0, 0.1) is 6.92 Å². The van der Waals surface area contributed by atoms with Crippen molar-refractivity contribution in [2.24, 2.45) is 0 Å². The number of rotatable bonds is 4. The number of aryl methyl sites for hydroxylation is 1. The lowest BCUT2D eigenvalue weighted by Gasteiger charge is -2.11. The van der Waals surface area contributed by atoms with Crippen molar-refractivity contribution in [1.29, 1.82) is 0 Å². The Hall–Kier alpha value is -1.57. The van der Waals surface area contributed by atoms with E-state index in [0.29, 0.717) is 0 Å². The lowest BCUT2D eigenvalue weighted by molar-refractivity contribution is 1.05. The van der Waals surface area contributed by atoms with Gasteiger partial charge in [0.05, 0.1) is 11.4 Å². The summed E-state index contributed by atoms with van der Waals surface area (Å²) in [7, 11) is 1.85. The molecule has 1 aromatic rings. The standard InChI is InChI=1S/C12H16N2/c1-5-6-11-9(2)7-8-14-12(11)10(3)13-4/h5,7-8,13H,1,3,6H2,2,4H3. The maximum Gasteiger partial charge on any atom is 0.0892 e. The van der Waals surface area contributed by atoms with Crippen LogP contribution in [0.25, 0.3) is 5.70 Å². The van der Waals surface area contributed by atoms with Crippen molar-refractivity contribution in [2.75, 3.05) is 7.05 Å². The van der Waals surface area contributed by atoms with Gasteiger partial charge in [0.15, 0.2) is 0 Å². The van der Waals surface area contributed by atoms with Crippen molar-refractivity contribution >= 4 is 5.70 Å². The van der Waals surface area contributed by atoms with Crippen LogP contribution in [-0.2, 0) is 6.42 Å². The van der Waals surface area contributed by atoms with E-state index in [0.717, 1.165) is 17.8 Å². The third kappa shape index (κ3) is 2.02. The molecule has 0 amide bonds. The predicted molar refractivity (Wildman–Crippen MR) is 61.0 cm³/mol.